The lowest BCUT2D eigenvalue weighted by Gasteiger charge is -2.22. The summed E-state index contributed by atoms with van der Waals surface area (Å²) in [5.41, 5.74) is -0.939. The van der Waals surface area contributed by atoms with E-state index in [4.69, 9.17) is 5.11 Å². The molecule has 0 aliphatic heterocycles. The highest BCUT2D eigenvalue weighted by atomic mass is 19.4. The summed E-state index contributed by atoms with van der Waals surface area (Å²) in [7, 11) is 1.03. The van der Waals surface area contributed by atoms with Crippen LogP contribution in [0, 0.1) is 10.1 Å². The molecule has 0 spiro atoms. The molecule has 21 heavy (non-hydrogen) atoms. The summed E-state index contributed by atoms with van der Waals surface area (Å²) in [6.07, 6.45) is -4.03. The molecule has 12 heteroatoms. The van der Waals surface area contributed by atoms with Crippen molar-refractivity contribution in [3.63, 3.8) is 0 Å². The molecule has 0 radical (unpaired) electrons. The molecule has 0 fully saturated rings. The molecule has 0 aliphatic carbocycles. The molecule has 1 heterocycles. The van der Waals surface area contributed by atoms with Gasteiger partial charge in [-0.2, -0.15) is 18.2 Å². The summed E-state index contributed by atoms with van der Waals surface area (Å²) in [4.78, 5) is 27.6. The van der Waals surface area contributed by atoms with Gasteiger partial charge >= 0.3 is 17.8 Å². The number of nitro groups is 1. The SMILES string of the molecule is COc1ncnc(N(CC(=O)O)CC(F)(F)F)c1[N+](=O)[O-]. The quantitative estimate of drug-likeness (QED) is 0.606. The van der Waals surface area contributed by atoms with Crippen LogP contribution in [0.1, 0.15) is 0 Å². The summed E-state index contributed by atoms with van der Waals surface area (Å²) in [5.74, 6) is -2.96. The van der Waals surface area contributed by atoms with Gasteiger partial charge in [-0.25, -0.2) is 4.98 Å². The number of hydrogen-bond acceptors (Lipinski definition) is 7. The number of aliphatic carboxylic acids is 1. The number of alkyl halides is 3. The van der Waals surface area contributed by atoms with Crippen molar-refractivity contribution in [1.82, 2.24) is 9.97 Å². The van der Waals surface area contributed by atoms with Gasteiger partial charge in [-0.05, 0) is 0 Å². The van der Waals surface area contributed by atoms with Crippen molar-refractivity contribution >= 4 is 17.5 Å². The molecule has 1 aromatic rings. The molecule has 1 N–H and O–H groups in total. The summed E-state index contributed by atoms with van der Waals surface area (Å²) in [5, 5.41) is 19.6. The van der Waals surface area contributed by atoms with Crippen molar-refractivity contribution in [2.24, 2.45) is 0 Å². The topological polar surface area (TPSA) is 119 Å². The Balaban J connectivity index is 3.35. The Kier molecular flexibility index (Phi) is 4.84. The van der Waals surface area contributed by atoms with Crippen LogP contribution < -0.4 is 9.64 Å². The first-order valence-electron chi connectivity index (χ1n) is 5.22. The van der Waals surface area contributed by atoms with E-state index < -0.39 is 47.5 Å². The molecule has 1 rings (SSSR count). The number of carboxylic acid groups (broad SMARTS) is 1. The zero-order valence-electron chi connectivity index (χ0n) is 10.5. The second kappa shape index (κ2) is 6.19. The van der Waals surface area contributed by atoms with Crippen LogP contribution in [0.3, 0.4) is 0 Å². The fourth-order valence-corrected chi connectivity index (χ4v) is 1.48. The van der Waals surface area contributed by atoms with Crippen LogP contribution in [0.15, 0.2) is 6.33 Å². The number of aromatic nitrogens is 2. The lowest BCUT2D eigenvalue weighted by Crippen LogP contribution is -2.38. The first-order chi connectivity index (χ1) is 9.65. The Labute approximate surface area is 115 Å². The first kappa shape index (κ1) is 16.4. The van der Waals surface area contributed by atoms with Crippen LogP contribution in [-0.4, -0.2) is 52.3 Å². The van der Waals surface area contributed by atoms with Gasteiger partial charge in [-0.3, -0.25) is 14.9 Å². The van der Waals surface area contributed by atoms with Crippen molar-refractivity contribution in [3.05, 3.63) is 16.4 Å². The summed E-state index contributed by atoms with van der Waals surface area (Å²) in [6.45, 7) is -2.85. The molecule has 0 aliphatic rings. The Bertz CT molecular complexity index is 551. The number of halogens is 3. The summed E-state index contributed by atoms with van der Waals surface area (Å²) in [6, 6.07) is 0. The number of carbonyl (C=O) groups is 1. The minimum Gasteiger partial charge on any atom is -0.480 e. The number of anilines is 1. The highest BCUT2D eigenvalue weighted by molar-refractivity contribution is 5.75. The lowest BCUT2D eigenvalue weighted by atomic mass is 10.3. The number of nitrogens with zero attached hydrogens (tertiary/aromatic N) is 4. The monoisotopic (exact) mass is 310 g/mol. The molecular weight excluding hydrogens is 301 g/mol. The third kappa shape index (κ3) is 4.43. The van der Waals surface area contributed by atoms with E-state index in [1.165, 1.54) is 0 Å². The summed E-state index contributed by atoms with van der Waals surface area (Å²) >= 11 is 0. The molecule has 0 saturated carbocycles. The van der Waals surface area contributed by atoms with E-state index >= 15 is 0 Å². The zero-order chi connectivity index (χ0) is 16.2. The predicted octanol–water partition coefficient (Wildman–Crippen LogP) is 0.847. The van der Waals surface area contributed by atoms with Crippen molar-refractivity contribution < 1.29 is 32.7 Å². The van der Waals surface area contributed by atoms with Crippen molar-refractivity contribution in [1.29, 1.82) is 0 Å². The van der Waals surface area contributed by atoms with Crippen LogP contribution in [0.25, 0.3) is 0 Å². The van der Waals surface area contributed by atoms with E-state index in [9.17, 15) is 28.1 Å². The maximum Gasteiger partial charge on any atom is 0.405 e. The third-order valence-corrected chi connectivity index (χ3v) is 2.14. The molecule has 1 aromatic heterocycles. The van der Waals surface area contributed by atoms with Gasteiger partial charge in [-0.15, -0.1) is 0 Å². The van der Waals surface area contributed by atoms with Crippen molar-refractivity contribution in [3.8, 4) is 5.88 Å². The van der Waals surface area contributed by atoms with E-state index in [0.717, 1.165) is 13.4 Å². The fourth-order valence-electron chi connectivity index (χ4n) is 1.48. The largest absolute Gasteiger partial charge is 0.480 e. The Morgan fingerprint density at radius 3 is 2.57 bits per heavy atom. The number of rotatable bonds is 6. The maximum absolute atomic E-state index is 12.5. The van der Waals surface area contributed by atoms with Gasteiger partial charge in [-0.1, -0.05) is 0 Å². The normalized spacial score (nSPS) is 11.0. The van der Waals surface area contributed by atoms with Crippen LogP contribution >= 0.6 is 0 Å². The second-order valence-electron chi connectivity index (χ2n) is 3.68. The van der Waals surface area contributed by atoms with E-state index in [-0.39, 0.29) is 4.90 Å². The van der Waals surface area contributed by atoms with Crippen molar-refractivity contribution in [2.75, 3.05) is 25.1 Å². The van der Waals surface area contributed by atoms with Crippen LogP contribution in [0.5, 0.6) is 5.88 Å². The van der Waals surface area contributed by atoms with Crippen LogP contribution in [0.2, 0.25) is 0 Å². The Morgan fingerprint density at radius 1 is 1.52 bits per heavy atom. The number of methoxy groups -OCH3 is 1. The Morgan fingerprint density at radius 2 is 2.14 bits per heavy atom. The molecule has 0 atom stereocenters. The third-order valence-electron chi connectivity index (χ3n) is 2.14. The summed E-state index contributed by atoms with van der Waals surface area (Å²) < 4.78 is 42.0. The van der Waals surface area contributed by atoms with Crippen LogP contribution in [-0.2, 0) is 4.79 Å². The number of carboxylic acids is 1. The zero-order valence-corrected chi connectivity index (χ0v) is 10.5. The van der Waals surface area contributed by atoms with Crippen molar-refractivity contribution in [2.45, 2.75) is 6.18 Å². The maximum atomic E-state index is 12.5. The fraction of sp³-hybridized carbons (Fsp3) is 0.444. The molecule has 116 valence electrons. The van der Waals surface area contributed by atoms with Gasteiger partial charge in [0.05, 0.1) is 12.0 Å². The van der Waals surface area contributed by atoms with E-state index in [1.54, 1.807) is 0 Å². The highest BCUT2D eigenvalue weighted by Crippen LogP contribution is 2.34. The first-order valence-corrected chi connectivity index (χ1v) is 5.22. The number of hydrogen-bond donors (Lipinski definition) is 1. The van der Waals surface area contributed by atoms with Gasteiger partial charge in [0.2, 0.25) is 5.82 Å². The lowest BCUT2D eigenvalue weighted by molar-refractivity contribution is -0.385. The van der Waals surface area contributed by atoms with E-state index in [1.807, 2.05) is 0 Å². The molecule has 9 nitrogen and oxygen atoms in total. The van der Waals surface area contributed by atoms with Gasteiger partial charge < -0.3 is 14.7 Å². The average molecular weight is 310 g/mol. The van der Waals surface area contributed by atoms with Crippen LogP contribution in [0.4, 0.5) is 24.7 Å². The Hall–Kier alpha value is -2.66. The van der Waals surface area contributed by atoms with Gasteiger partial charge in [0.1, 0.15) is 19.4 Å². The molecule has 0 unspecified atom stereocenters. The standard InChI is InChI=1S/C9H9F3N4O5/c1-21-8-6(16(19)20)7(13-4-14-8)15(2-5(17)18)3-9(10,11)12/h4H,2-3H2,1H3,(H,17,18). The molecule has 0 amide bonds. The highest BCUT2D eigenvalue weighted by Gasteiger charge is 2.36. The number of ether oxygens (including phenoxy) is 1. The molecule has 0 bridgehead atoms. The van der Waals surface area contributed by atoms with Gasteiger partial charge in [0.25, 0.3) is 5.88 Å². The van der Waals surface area contributed by atoms with Gasteiger partial charge in [0, 0.05) is 0 Å². The smallest absolute Gasteiger partial charge is 0.405 e. The minimum absolute atomic E-state index is 0.213. The predicted molar refractivity (Wildman–Crippen MR) is 61.1 cm³/mol. The van der Waals surface area contributed by atoms with E-state index in [0.29, 0.717) is 0 Å². The molecule has 0 aromatic carbocycles. The van der Waals surface area contributed by atoms with E-state index in [2.05, 4.69) is 14.7 Å². The van der Waals surface area contributed by atoms with Gasteiger partial charge in [0.15, 0.2) is 0 Å². The molecular formula is C9H9F3N4O5. The molecule has 0 saturated heterocycles. The average Bonchev–Trinajstić information content (AvgIpc) is 2.34. The second-order valence-corrected chi connectivity index (χ2v) is 3.68. The minimum atomic E-state index is -4.78.